The van der Waals surface area contributed by atoms with Gasteiger partial charge >= 0.3 is 0 Å². The van der Waals surface area contributed by atoms with Gasteiger partial charge in [-0.15, -0.1) is 0 Å². The molecule has 1 heterocycles. The van der Waals surface area contributed by atoms with Crippen molar-refractivity contribution in [2.75, 3.05) is 0 Å². The Morgan fingerprint density at radius 3 is 2.08 bits per heavy atom. The topological polar surface area (TPSA) is 82.2 Å². The number of nitro benzene ring substituents is 1. The van der Waals surface area contributed by atoms with Gasteiger partial charge in [-0.05, 0) is 16.7 Å². The number of Topliss-reactive ketones (excluding diaryl/α,β-unsaturated/α-hetero) is 1. The van der Waals surface area contributed by atoms with Crippen molar-refractivity contribution < 1.29 is 9.72 Å². The maximum absolute atomic E-state index is 12.6. The Morgan fingerprint density at radius 2 is 1.46 bits per heavy atom. The number of carbonyl (C=O) groups is 1. The summed E-state index contributed by atoms with van der Waals surface area (Å²) in [6, 6.07) is 23.5. The van der Waals surface area contributed by atoms with E-state index in [1.165, 1.54) is 12.1 Å². The molecule has 0 bridgehead atoms. The lowest BCUT2D eigenvalue weighted by atomic mass is 9.99. The molecule has 0 unspecified atom stereocenters. The molecule has 1 aliphatic rings. The van der Waals surface area contributed by atoms with Crippen LogP contribution in [0.3, 0.4) is 0 Å². The fourth-order valence-electron chi connectivity index (χ4n) is 3.09. The Labute approximate surface area is 150 Å². The summed E-state index contributed by atoms with van der Waals surface area (Å²) in [6.07, 6.45) is 0. The van der Waals surface area contributed by atoms with E-state index in [1.54, 1.807) is 12.1 Å². The van der Waals surface area contributed by atoms with Crippen LogP contribution < -0.4 is 5.32 Å². The van der Waals surface area contributed by atoms with Crippen LogP contribution in [0, 0.1) is 10.1 Å². The third kappa shape index (κ3) is 3.12. The molecule has 0 radical (unpaired) electrons. The molecular formula is C21H16N2O3. The zero-order valence-electron chi connectivity index (χ0n) is 13.8. The molecule has 5 heteroatoms. The number of hydrogen-bond donors (Lipinski definition) is 1. The zero-order chi connectivity index (χ0) is 18.1. The van der Waals surface area contributed by atoms with Gasteiger partial charge in [0.2, 0.25) is 0 Å². The van der Waals surface area contributed by atoms with Gasteiger partial charge in [-0.3, -0.25) is 20.2 Å². The van der Waals surface area contributed by atoms with E-state index in [4.69, 9.17) is 0 Å². The number of rotatable bonds is 5. The highest BCUT2D eigenvalue weighted by atomic mass is 16.6. The van der Waals surface area contributed by atoms with Crippen molar-refractivity contribution in [2.45, 2.75) is 12.1 Å². The third-order valence-corrected chi connectivity index (χ3v) is 4.61. The summed E-state index contributed by atoms with van der Waals surface area (Å²) >= 11 is 0. The van der Waals surface area contributed by atoms with Gasteiger partial charge in [-0.25, -0.2) is 0 Å². The number of nitro groups is 1. The van der Waals surface area contributed by atoms with E-state index in [1.807, 2.05) is 54.6 Å². The molecule has 4 rings (SSSR count). The van der Waals surface area contributed by atoms with Gasteiger partial charge in [0.1, 0.15) is 0 Å². The van der Waals surface area contributed by atoms with Crippen LogP contribution in [0.5, 0.6) is 0 Å². The van der Waals surface area contributed by atoms with Crippen molar-refractivity contribution in [2.24, 2.45) is 0 Å². The van der Waals surface area contributed by atoms with Crippen LogP contribution in [0.1, 0.15) is 22.0 Å². The lowest BCUT2D eigenvalue weighted by Crippen LogP contribution is -2.10. The smallest absolute Gasteiger partial charge is 0.269 e. The Balaban J connectivity index is 1.46. The van der Waals surface area contributed by atoms with Crippen molar-refractivity contribution in [3.8, 4) is 11.1 Å². The van der Waals surface area contributed by atoms with E-state index in [0.29, 0.717) is 5.56 Å². The number of benzene rings is 3. The Morgan fingerprint density at radius 1 is 0.846 bits per heavy atom. The fourth-order valence-corrected chi connectivity index (χ4v) is 3.09. The first kappa shape index (κ1) is 16.2. The van der Waals surface area contributed by atoms with Crippen molar-refractivity contribution in [3.63, 3.8) is 0 Å². The maximum atomic E-state index is 12.6. The minimum absolute atomic E-state index is 0.0352. The van der Waals surface area contributed by atoms with Crippen molar-refractivity contribution in [1.82, 2.24) is 5.32 Å². The number of hydrogen-bond acceptors (Lipinski definition) is 4. The summed E-state index contributed by atoms with van der Waals surface area (Å²) in [4.78, 5) is 22.9. The van der Waals surface area contributed by atoms with Crippen molar-refractivity contribution in [1.29, 1.82) is 0 Å². The molecule has 1 N–H and O–H groups in total. The zero-order valence-corrected chi connectivity index (χ0v) is 13.8. The van der Waals surface area contributed by atoms with E-state index < -0.39 is 4.92 Å². The molecule has 0 saturated carbocycles. The minimum Gasteiger partial charge on any atom is -0.297 e. The second-order valence-electron chi connectivity index (χ2n) is 6.28. The largest absolute Gasteiger partial charge is 0.297 e. The fraction of sp³-hybridized carbons (Fsp3) is 0.0952. The molecule has 128 valence electrons. The number of nitrogens with one attached hydrogen (secondary N) is 1. The van der Waals surface area contributed by atoms with Gasteiger partial charge in [0.15, 0.2) is 5.78 Å². The summed E-state index contributed by atoms with van der Waals surface area (Å²) in [7, 11) is 0. The molecular weight excluding hydrogens is 328 g/mol. The normalized spacial score (nSPS) is 18.3. The Kier molecular flexibility index (Phi) is 4.07. The van der Waals surface area contributed by atoms with E-state index in [0.717, 1.165) is 16.7 Å². The SMILES string of the molecule is O=C(c1ccc(-c2ccccc2)cc1)[C@H]1N[C@@H]1c1ccc([N+](=O)[O-])cc1. The highest BCUT2D eigenvalue weighted by Crippen LogP contribution is 2.33. The van der Waals surface area contributed by atoms with Crippen LogP contribution >= 0.6 is 0 Å². The van der Waals surface area contributed by atoms with Crippen LogP contribution in [-0.2, 0) is 0 Å². The highest BCUT2D eigenvalue weighted by Gasteiger charge is 2.43. The first-order chi connectivity index (χ1) is 12.6. The van der Waals surface area contributed by atoms with Gasteiger partial charge < -0.3 is 0 Å². The highest BCUT2D eigenvalue weighted by molar-refractivity contribution is 6.03. The number of carbonyl (C=O) groups excluding carboxylic acids is 1. The Bertz CT molecular complexity index is 951. The monoisotopic (exact) mass is 344 g/mol. The molecule has 1 aliphatic heterocycles. The molecule has 0 spiro atoms. The first-order valence-electron chi connectivity index (χ1n) is 8.33. The summed E-state index contributed by atoms with van der Waals surface area (Å²) in [5, 5.41) is 13.9. The molecule has 1 saturated heterocycles. The Hall–Kier alpha value is -3.31. The number of non-ortho nitro benzene ring substituents is 1. The molecule has 0 amide bonds. The summed E-state index contributed by atoms with van der Waals surface area (Å²) in [6.45, 7) is 0. The average Bonchev–Trinajstić information content (AvgIpc) is 3.49. The quantitative estimate of drug-likeness (QED) is 0.326. The molecule has 2 atom stereocenters. The molecule has 3 aromatic rings. The van der Waals surface area contributed by atoms with Crippen LogP contribution in [0.15, 0.2) is 78.9 Å². The third-order valence-electron chi connectivity index (χ3n) is 4.61. The summed E-state index contributed by atoms with van der Waals surface area (Å²) < 4.78 is 0. The standard InChI is InChI=1S/C21H16N2O3/c24-21(17-8-6-15(7-9-17)14-4-2-1-3-5-14)20-19(22-20)16-10-12-18(13-11-16)23(25)26/h1-13,19-20,22H/t19-,20+/m1/s1. The molecule has 5 nitrogen and oxygen atoms in total. The van der Waals surface area contributed by atoms with Gasteiger partial charge in [0, 0.05) is 17.7 Å². The second-order valence-corrected chi connectivity index (χ2v) is 6.28. The lowest BCUT2D eigenvalue weighted by Gasteiger charge is -2.04. The van der Waals surface area contributed by atoms with Gasteiger partial charge in [0.25, 0.3) is 5.69 Å². The van der Waals surface area contributed by atoms with Crippen LogP contribution in [0.25, 0.3) is 11.1 Å². The van der Waals surface area contributed by atoms with E-state index >= 15 is 0 Å². The molecule has 0 aromatic heterocycles. The van der Waals surface area contributed by atoms with Crippen LogP contribution in [0.4, 0.5) is 5.69 Å². The predicted octanol–water partition coefficient (Wildman–Crippen LogP) is 4.16. The maximum Gasteiger partial charge on any atom is 0.269 e. The summed E-state index contributed by atoms with van der Waals surface area (Å²) in [5.74, 6) is 0.0352. The van der Waals surface area contributed by atoms with Crippen LogP contribution in [-0.4, -0.2) is 16.7 Å². The minimum atomic E-state index is -0.430. The molecule has 0 aliphatic carbocycles. The van der Waals surface area contributed by atoms with Gasteiger partial charge in [-0.2, -0.15) is 0 Å². The predicted molar refractivity (Wildman–Crippen MR) is 99.0 cm³/mol. The molecule has 3 aromatic carbocycles. The van der Waals surface area contributed by atoms with E-state index in [9.17, 15) is 14.9 Å². The van der Waals surface area contributed by atoms with Gasteiger partial charge in [-0.1, -0.05) is 66.7 Å². The van der Waals surface area contributed by atoms with Gasteiger partial charge in [0.05, 0.1) is 17.0 Å². The number of nitrogens with zero attached hydrogens (tertiary/aromatic N) is 1. The first-order valence-corrected chi connectivity index (χ1v) is 8.33. The van der Waals surface area contributed by atoms with E-state index in [2.05, 4.69) is 5.32 Å². The second kappa shape index (κ2) is 6.54. The van der Waals surface area contributed by atoms with Crippen LogP contribution in [0.2, 0.25) is 0 Å². The van der Waals surface area contributed by atoms with Crippen molar-refractivity contribution >= 4 is 11.5 Å². The lowest BCUT2D eigenvalue weighted by molar-refractivity contribution is -0.384. The average molecular weight is 344 g/mol. The van der Waals surface area contributed by atoms with E-state index in [-0.39, 0.29) is 23.6 Å². The summed E-state index contributed by atoms with van der Waals surface area (Å²) in [5.41, 5.74) is 3.77. The number of ketones is 1. The molecule has 26 heavy (non-hydrogen) atoms. The van der Waals surface area contributed by atoms with Crippen molar-refractivity contribution in [3.05, 3.63) is 100 Å². The molecule has 1 fully saturated rings.